The van der Waals surface area contributed by atoms with Gasteiger partial charge in [-0.1, -0.05) is 23.9 Å². The molecule has 0 spiro atoms. The lowest BCUT2D eigenvalue weighted by Crippen LogP contribution is -2.28. The van der Waals surface area contributed by atoms with E-state index in [-0.39, 0.29) is 11.7 Å². The molecule has 4 aromatic rings. The number of hydrogen-bond acceptors (Lipinski definition) is 7. The van der Waals surface area contributed by atoms with Crippen molar-refractivity contribution in [3.05, 3.63) is 42.7 Å². The number of ether oxygens (including phenoxy) is 1. The zero-order valence-electron chi connectivity index (χ0n) is 14.6. The molecule has 0 bridgehead atoms. The third-order valence-corrected chi connectivity index (χ3v) is 4.85. The predicted octanol–water partition coefficient (Wildman–Crippen LogP) is 2.39. The first-order valence-corrected chi connectivity index (χ1v) is 9.32. The van der Waals surface area contributed by atoms with Crippen LogP contribution in [0.1, 0.15) is 0 Å². The summed E-state index contributed by atoms with van der Waals surface area (Å²) < 4.78 is 12.3. The van der Waals surface area contributed by atoms with Crippen molar-refractivity contribution in [1.29, 1.82) is 0 Å². The Kier molecular flexibility index (Phi) is 5.03. The Morgan fingerprint density at radius 1 is 1.26 bits per heavy atom. The van der Waals surface area contributed by atoms with Gasteiger partial charge in [-0.05, 0) is 24.3 Å². The summed E-state index contributed by atoms with van der Waals surface area (Å²) in [6.45, 7) is 0.948. The van der Waals surface area contributed by atoms with Crippen LogP contribution in [0.3, 0.4) is 0 Å². The molecule has 0 fully saturated rings. The van der Waals surface area contributed by atoms with Crippen LogP contribution in [0.5, 0.6) is 0 Å². The van der Waals surface area contributed by atoms with Crippen molar-refractivity contribution >= 4 is 34.2 Å². The number of benzene rings is 1. The molecule has 138 valence electrons. The third-order valence-electron chi connectivity index (χ3n) is 3.92. The lowest BCUT2D eigenvalue weighted by atomic mass is 10.2. The number of nitrogens with one attached hydrogen (secondary N) is 1. The number of hydrogen-bond donors (Lipinski definition) is 1. The second kappa shape index (κ2) is 7.77. The minimum absolute atomic E-state index is 0.0953. The highest BCUT2D eigenvalue weighted by atomic mass is 32.2. The second-order valence-corrected chi connectivity index (χ2v) is 6.65. The van der Waals surface area contributed by atoms with Crippen molar-refractivity contribution in [1.82, 2.24) is 24.9 Å². The molecule has 0 saturated carbocycles. The molecular weight excluding hydrogens is 366 g/mol. The maximum absolute atomic E-state index is 12.0. The molecule has 3 aromatic heterocycles. The van der Waals surface area contributed by atoms with Gasteiger partial charge < -0.3 is 14.5 Å². The van der Waals surface area contributed by atoms with E-state index in [0.717, 1.165) is 10.9 Å². The van der Waals surface area contributed by atoms with Gasteiger partial charge in [0.25, 0.3) is 0 Å². The van der Waals surface area contributed by atoms with E-state index in [9.17, 15) is 4.79 Å². The van der Waals surface area contributed by atoms with E-state index in [4.69, 9.17) is 14.1 Å². The predicted molar refractivity (Wildman–Crippen MR) is 102 cm³/mol. The van der Waals surface area contributed by atoms with Crippen molar-refractivity contribution in [3.8, 4) is 11.6 Å². The lowest BCUT2D eigenvalue weighted by molar-refractivity contribution is -0.118. The SMILES string of the molecule is COCCNC(=O)CSc1nnc2c3ccccc3nc(-c3ccco3)n12. The molecule has 4 rings (SSSR count). The van der Waals surface area contributed by atoms with Crippen LogP contribution < -0.4 is 5.32 Å². The van der Waals surface area contributed by atoms with E-state index < -0.39 is 0 Å². The molecule has 0 atom stereocenters. The molecule has 1 N–H and O–H groups in total. The van der Waals surface area contributed by atoms with Gasteiger partial charge in [-0.2, -0.15) is 0 Å². The van der Waals surface area contributed by atoms with Crippen molar-refractivity contribution in [2.75, 3.05) is 26.0 Å². The number of thioether (sulfide) groups is 1. The van der Waals surface area contributed by atoms with E-state index in [1.54, 1.807) is 19.4 Å². The van der Waals surface area contributed by atoms with Gasteiger partial charge >= 0.3 is 0 Å². The summed E-state index contributed by atoms with van der Waals surface area (Å²) in [7, 11) is 1.59. The first-order chi connectivity index (χ1) is 13.3. The minimum atomic E-state index is -0.0953. The summed E-state index contributed by atoms with van der Waals surface area (Å²) in [6.07, 6.45) is 1.60. The molecule has 0 aliphatic rings. The van der Waals surface area contributed by atoms with Crippen LogP contribution in [0.15, 0.2) is 52.2 Å². The maximum Gasteiger partial charge on any atom is 0.230 e. The molecule has 1 aromatic carbocycles. The molecule has 0 radical (unpaired) electrons. The van der Waals surface area contributed by atoms with Gasteiger partial charge in [-0.25, -0.2) is 4.98 Å². The summed E-state index contributed by atoms with van der Waals surface area (Å²) in [4.78, 5) is 16.7. The van der Waals surface area contributed by atoms with E-state index in [0.29, 0.717) is 35.5 Å². The number of furan rings is 1. The second-order valence-electron chi connectivity index (χ2n) is 5.70. The van der Waals surface area contributed by atoms with E-state index in [1.165, 1.54) is 11.8 Å². The summed E-state index contributed by atoms with van der Waals surface area (Å²) in [5, 5.41) is 12.9. The Balaban J connectivity index is 1.72. The van der Waals surface area contributed by atoms with Crippen molar-refractivity contribution in [3.63, 3.8) is 0 Å². The van der Waals surface area contributed by atoms with Crippen LogP contribution in [0.2, 0.25) is 0 Å². The zero-order valence-corrected chi connectivity index (χ0v) is 15.4. The standard InChI is InChI=1S/C18H17N5O3S/c1-25-10-8-19-15(24)11-27-18-22-21-16-12-5-2-3-6-13(12)20-17(23(16)18)14-7-4-9-26-14/h2-7,9H,8,10-11H2,1H3,(H,19,24). The van der Waals surface area contributed by atoms with Crippen molar-refractivity contribution in [2.24, 2.45) is 0 Å². The number of rotatable bonds is 7. The van der Waals surface area contributed by atoms with Crippen LogP contribution in [-0.4, -0.2) is 51.5 Å². The molecule has 0 aliphatic heterocycles. The fraction of sp³-hybridized carbons (Fsp3) is 0.222. The number of methoxy groups -OCH3 is 1. The fourth-order valence-corrected chi connectivity index (χ4v) is 3.46. The molecule has 27 heavy (non-hydrogen) atoms. The molecule has 9 heteroatoms. The average molecular weight is 383 g/mol. The molecule has 0 aliphatic carbocycles. The Morgan fingerprint density at radius 3 is 2.96 bits per heavy atom. The van der Waals surface area contributed by atoms with Gasteiger partial charge in [-0.15, -0.1) is 10.2 Å². The highest BCUT2D eigenvalue weighted by Crippen LogP contribution is 2.29. The smallest absolute Gasteiger partial charge is 0.230 e. The molecular formula is C18H17N5O3S. The van der Waals surface area contributed by atoms with Gasteiger partial charge in [0.1, 0.15) is 0 Å². The Morgan fingerprint density at radius 2 is 2.15 bits per heavy atom. The summed E-state index contributed by atoms with van der Waals surface area (Å²) >= 11 is 1.30. The average Bonchev–Trinajstić information content (AvgIpc) is 3.36. The quantitative estimate of drug-likeness (QED) is 0.387. The lowest BCUT2D eigenvalue weighted by Gasteiger charge is -2.08. The Labute approximate surface area is 158 Å². The van der Waals surface area contributed by atoms with Gasteiger partial charge in [0.15, 0.2) is 22.4 Å². The highest BCUT2D eigenvalue weighted by molar-refractivity contribution is 7.99. The zero-order chi connectivity index (χ0) is 18.6. The molecule has 1 amide bonds. The maximum atomic E-state index is 12.0. The van der Waals surface area contributed by atoms with Gasteiger partial charge in [-0.3, -0.25) is 9.20 Å². The molecule has 8 nitrogen and oxygen atoms in total. The number of aromatic nitrogens is 4. The van der Waals surface area contributed by atoms with Crippen LogP contribution in [0.4, 0.5) is 0 Å². The summed E-state index contributed by atoms with van der Waals surface area (Å²) in [5.74, 6) is 1.33. The number of nitrogens with zero attached hydrogens (tertiary/aromatic N) is 4. The topological polar surface area (TPSA) is 94.5 Å². The van der Waals surface area contributed by atoms with Gasteiger partial charge in [0.05, 0.1) is 24.1 Å². The first kappa shape index (κ1) is 17.5. The molecule has 0 unspecified atom stereocenters. The number of carbonyl (C=O) groups excluding carboxylic acids is 1. The van der Waals surface area contributed by atoms with Crippen LogP contribution in [0, 0.1) is 0 Å². The molecule has 0 saturated heterocycles. The Hall–Kier alpha value is -2.91. The largest absolute Gasteiger partial charge is 0.461 e. The van der Waals surface area contributed by atoms with Crippen LogP contribution >= 0.6 is 11.8 Å². The highest BCUT2D eigenvalue weighted by Gasteiger charge is 2.18. The van der Waals surface area contributed by atoms with E-state index in [1.807, 2.05) is 34.7 Å². The van der Waals surface area contributed by atoms with Crippen molar-refractivity contribution < 1.29 is 13.9 Å². The number of carbonyl (C=O) groups is 1. The number of amides is 1. The summed E-state index contributed by atoms with van der Waals surface area (Å²) in [6, 6.07) is 11.4. The van der Waals surface area contributed by atoms with Crippen molar-refractivity contribution in [2.45, 2.75) is 5.16 Å². The van der Waals surface area contributed by atoms with Crippen LogP contribution in [0.25, 0.3) is 28.1 Å². The summed E-state index contributed by atoms with van der Waals surface area (Å²) in [5.41, 5.74) is 1.48. The minimum Gasteiger partial charge on any atom is -0.461 e. The number of para-hydroxylation sites is 1. The normalized spacial score (nSPS) is 11.3. The fourth-order valence-electron chi connectivity index (χ4n) is 2.70. The monoisotopic (exact) mass is 383 g/mol. The number of fused-ring (bicyclic) bond motifs is 3. The first-order valence-electron chi connectivity index (χ1n) is 8.34. The van der Waals surface area contributed by atoms with Gasteiger partial charge in [0, 0.05) is 19.0 Å². The van der Waals surface area contributed by atoms with Crippen LogP contribution in [-0.2, 0) is 9.53 Å². The Bertz CT molecular complexity index is 1080. The molecule has 3 heterocycles. The van der Waals surface area contributed by atoms with E-state index in [2.05, 4.69) is 15.5 Å². The third kappa shape index (κ3) is 3.51. The van der Waals surface area contributed by atoms with E-state index >= 15 is 0 Å². The van der Waals surface area contributed by atoms with Gasteiger partial charge in [0.2, 0.25) is 5.91 Å².